The molecule has 1 fully saturated rings. The van der Waals surface area contributed by atoms with E-state index in [-0.39, 0.29) is 6.10 Å². The number of ether oxygens (including phenoxy) is 2. The predicted molar refractivity (Wildman–Crippen MR) is 125 cm³/mol. The molecule has 1 saturated carbocycles. The molecule has 3 aromatic rings. The van der Waals surface area contributed by atoms with Crippen LogP contribution in [0.1, 0.15) is 11.7 Å². The molecule has 1 atom stereocenters. The Morgan fingerprint density at radius 2 is 1.55 bits per heavy atom. The van der Waals surface area contributed by atoms with E-state index < -0.39 is 23.4 Å². The van der Waals surface area contributed by atoms with Gasteiger partial charge in [0.05, 0.1) is 19.8 Å². The first kappa shape index (κ1) is 22.2. The first-order chi connectivity index (χ1) is 16.0. The van der Waals surface area contributed by atoms with E-state index in [1.165, 1.54) is 0 Å². The molecule has 4 rings (SSSR count). The Hall–Kier alpha value is -3.97. The van der Waals surface area contributed by atoms with Gasteiger partial charge in [-0.05, 0) is 48.0 Å². The molecule has 0 radical (unpaired) electrons. The van der Waals surface area contributed by atoms with E-state index in [4.69, 9.17) is 9.47 Å². The molecule has 0 spiro atoms. The summed E-state index contributed by atoms with van der Waals surface area (Å²) < 4.78 is 11.1. The predicted octanol–water partition coefficient (Wildman–Crippen LogP) is 3.72. The van der Waals surface area contributed by atoms with Gasteiger partial charge in [-0.15, -0.1) is 0 Å². The highest BCUT2D eigenvalue weighted by Crippen LogP contribution is 2.32. The molecular weight excluding hydrogens is 420 g/mol. The quantitative estimate of drug-likeness (QED) is 0.398. The van der Waals surface area contributed by atoms with Gasteiger partial charge in [0.1, 0.15) is 5.75 Å². The average Bonchev–Trinajstić information content (AvgIpc) is 2.88. The second-order valence-corrected chi connectivity index (χ2v) is 7.63. The van der Waals surface area contributed by atoms with Crippen molar-refractivity contribution >= 4 is 34.4 Å². The molecule has 3 aromatic carbocycles. The van der Waals surface area contributed by atoms with Crippen LogP contribution in [0.2, 0.25) is 0 Å². The fourth-order valence-corrected chi connectivity index (χ4v) is 3.76. The fraction of sp³-hybridized carbons (Fsp3) is 0.192. The van der Waals surface area contributed by atoms with Gasteiger partial charge in [0.25, 0.3) is 5.78 Å². The highest BCUT2D eigenvalue weighted by Gasteiger charge is 2.48. The third-order valence-corrected chi connectivity index (χ3v) is 5.63. The van der Waals surface area contributed by atoms with Gasteiger partial charge in [-0.3, -0.25) is 14.4 Å². The first-order valence-corrected chi connectivity index (χ1v) is 10.5. The van der Waals surface area contributed by atoms with Crippen LogP contribution in [-0.2, 0) is 19.1 Å². The van der Waals surface area contributed by atoms with Crippen LogP contribution in [0, 0.1) is 0 Å². The van der Waals surface area contributed by atoms with Gasteiger partial charge in [0.2, 0.25) is 11.6 Å². The van der Waals surface area contributed by atoms with Crippen LogP contribution in [0.15, 0.2) is 78.9 Å². The van der Waals surface area contributed by atoms with Crippen LogP contribution < -0.4 is 15.0 Å². The number of Topliss-reactive ketones (excluding diaryl/α,β-unsaturated/α-hetero) is 3. The van der Waals surface area contributed by atoms with E-state index in [2.05, 4.69) is 10.2 Å². The number of anilines is 3. The number of ketones is 3. The first-order valence-electron chi connectivity index (χ1n) is 10.5. The molecule has 33 heavy (non-hydrogen) atoms. The van der Waals surface area contributed by atoms with Crippen LogP contribution in [-0.4, -0.2) is 44.2 Å². The number of nitrogens with one attached hydrogen (secondary N) is 1. The van der Waals surface area contributed by atoms with Crippen molar-refractivity contribution in [1.29, 1.82) is 0 Å². The third-order valence-electron chi connectivity index (χ3n) is 5.63. The molecule has 1 unspecified atom stereocenters. The Morgan fingerprint density at radius 3 is 2.18 bits per heavy atom. The Morgan fingerprint density at radius 1 is 0.848 bits per heavy atom. The minimum Gasteiger partial charge on any atom is -0.497 e. The van der Waals surface area contributed by atoms with E-state index in [0.717, 1.165) is 22.7 Å². The Kier molecular flexibility index (Phi) is 6.51. The topological polar surface area (TPSA) is 84.9 Å². The summed E-state index contributed by atoms with van der Waals surface area (Å²) in [5.74, 6) is -1.62. The fourth-order valence-electron chi connectivity index (χ4n) is 3.76. The van der Waals surface area contributed by atoms with E-state index in [9.17, 15) is 14.4 Å². The molecule has 0 amide bonds. The lowest BCUT2D eigenvalue weighted by Gasteiger charge is -2.30. The minimum atomic E-state index is -1.11. The highest BCUT2D eigenvalue weighted by atomic mass is 16.5. The Bertz CT molecular complexity index is 1140. The molecule has 7 heteroatoms. The normalized spacial score (nSPS) is 14.5. The molecule has 0 aromatic heterocycles. The van der Waals surface area contributed by atoms with Crippen molar-refractivity contribution in [3.05, 3.63) is 84.4 Å². The smallest absolute Gasteiger partial charge is 0.269 e. The molecular formula is C26H24N2O5. The summed E-state index contributed by atoms with van der Waals surface area (Å²) in [5.41, 5.74) is 3.35. The summed E-state index contributed by atoms with van der Waals surface area (Å²) >= 11 is 0. The minimum absolute atomic E-state index is 0.211. The maximum Gasteiger partial charge on any atom is 0.269 e. The second-order valence-electron chi connectivity index (χ2n) is 7.63. The van der Waals surface area contributed by atoms with E-state index >= 15 is 0 Å². The molecule has 0 heterocycles. The van der Waals surface area contributed by atoms with Crippen LogP contribution in [0.4, 0.5) is 17.1 Å². The lowest BCUT2D eigenvalue weighted by molar-refractivity contribution is -0.152. The van der Waals surface area contributed by atoms with Gasteiger partial charge >= 0.3 is 0 Å². The van der Waals surface area contributed by atoms with E-state index in [0.29, 0.717) is 12.2 Å². The van der Waals surface area contributed by atoms with Crippen molar-refractivity contribution in [2.24, 2.45) is 0 Å². The molecule has 0 aliphatic heterocycles. The molecule has 168 valence electrons. The van der Waals surface area contributed by atoms with Crippen molar-refractivity contribution in [3.63, 3.8) is 0 Å². The van der Waals surface area contributed by atoms with Gasteiger partial charge in [-0.25, -0.2) is 0 Å². The van der Waals surface area contributed by atoms with Gasteiger partial charge in [0, 0.05) is 24.2 Å². The molecule has 1 aliphatic rings. The number of rotatable bonds is 9. The zero-order valence-electron chi connectivity index (χ0n) is 18.4. The molecule has 0 bridgehead atoms. The number of methoxy groups -OCH3 is 2. The third kappa shape index (κ3) is 4.63. The zero-order chi connectivity index (χ0) is 23.4. The van der Waals surface area contributed by atoms with Gasteiger partial charge in [-0.1, -0.05) is 36.4 Å². The van der Waals surface area contributed by atoms with E-state index in [1.54, 1.807) is 20.3 Å². The van der Waals surface area contributed by atoms with Crippen molar-refractivity contribution in [2.45, 2.75) is 12.1 Å². The van der Waals surface area contributed by atoms with Crippen LogP contribution in [0.5, 0.6) is 5.75 Å². The van der Waals surface area contributed by atoms with Gasteiger partial charge < -0.3 is 19.7 Å². The van der Waals surface area contributed by atoms with Crippen molar-refractivity contribution in [1.82, 2.24) is 0 Å². The maximum absolute atomic E-state index is 11.7. The summed E-state index contributed by atoms with van der Waals surface area (Å²) in [4.78, 5) is 36.9. The number of carbonyl (C=O) groups is 3. The average molecular weight is 444 g/mol. The van der Waals surface area contributed by atoms with Gasteiger partial charge in [0.15, 0.2) is 6.04 Å². The van der Waals surface area contributed by atoms with Crippen molar-refractivity contribution < 1.29 is 23.9 Å². The summed E-state index contributed by atoms with van der Waals surface area (Å²) in [6, 6.07) is 23.8. The standard InChI is InChI=1S/C26H24N2O5/c1-32-21-13-11-19(12-14-21)28(16-22(33-2)17-7-4-3-5-8-17)20-10-6-9-18(15-20)27-23-24(29)26(31)25(23)30/h3-15,22-23,27H,16H2,1-2H3. The molecule has 7 nitrogen and oxygen atoms in total. The highest BCUT2D eigenvalue weighted by molar-refractivity contribution is 6.79. The summed E-state index contributed by atoms with van der Waals surface area (Å²) in [6.45, 7) is 0.510. The largest absolute Gasteiger partial charge is 0.497 e. The molecule has 1 N–H and O–H groups in total. The van der Waals surface area contributed by atoms with Crippen LogP contribution >= 0.6 is 0 Å². The van der Waals surface area contributed by atoms with Crippen molar-refractivity contribution in [3.8, 4) is 5.75 Å². The monoisotopic (exact) mass is 444 g/mol. The second kappa shape index (κ2) is 9.67. The van der Waals surface area contributed by atoms with Crippen LogP contribution in [0.3, 0.4) is 0 Å². The summed E-state index contributed by atoms with van der Waals surface area (Å²) in [5, 5.41) is 2.87. The summed E-state index contributed by atoms with van der Waals surface area (Å²) in [6.07, 6.45) is -0.211. The number of hydrogen-bond donors (Lipinski definition) is 1. The zero-order valence-corrected chi connectivity index (χ0v) is 18.4. The number of nitrogens with zero attached hydrogens (tertiary/aromatic N) is 1. The van der Waals surface area contributed by atoms with E-state index in [1.807, 2.05) is 72.8 Å². The lowest BCUT2D eigenvalue weighted by Crippen LogP contribution is -2.57. The Labute approximate surface area is 191 Å². The maximum atomic E-state index is 11.7. The summed E-state index contributed by atoms with van der Waals surface area (Å²) in [7, 11) is 3.29. The number of hydrogen-bond acceptors (Lipinski definition) is 7. The SMILES string of the molecule is COc1ccc(N(CC(OC)c2ccccc2)c2cccc(NC3C(=O)C(=O)C3=O)c2)cc1. The Balaban J connectivity index is 1.66. The number of carbonyl (C=O) groups excluding carboxylic acids is 3. The molecule has 0 saturated heterocycles. The lowest BCUT2D eigenvalue weighted by atomic mass is 9.87. The van der Waals surface area contributed by atoms with Gasteiger partial charge in [-0.2, -0.15) is 0 Å². The molecule has 1 aliphatic carbocycles. The number of benzene rings is 3. The van der Waals surface area contributed by atoms with Crippen molar-refractivity contribution in [2.75, 3.05) is 31.0 Å². The van der Waals surface area contributed by atoms with Crippen LogP contribution in [0.25, 0.3) is 0 Å².